The van der Waals surface area contributed by atoms with Crippen LogP contribution >= 0.6 is 0 Å². The van der Waals surface area contributed by atoms with Gasteiger partial charge in [0.05, 0.1) is 5.69 Å². The van der Waals surface area contributed by atoms with Gasteiger partial charge in [-0.2, -0.15) is 0 Å². The molecule has 0 bridgehead atoms. The molecule has 0 radical (unpaired) electrons. The van der Waals surface area contributed by atoms with Crippen molar-refractivity contribution in [2.24, 2.45) is 0 Å². The minimum absolute atomic E-state index is 0.304. The van der Waals surface area contributed by atoms with Crippen LogP contribution in [0.5, 0.6) is 0 Å². The van der Waals surface area contributed by atoms with Gasteiger partial charge in [0, 0.05) is 23.7 Å². The molecule has 0 saturated heterocycles. The summed E-state index contributed by atoms with van der Waals surface area (Å²) in [6.45, 7) is 5.01. The van der Waals surface area contributed by atoms with Crippen molar-refractivity contribution in [3.05, 3.63) is 42.1 Å². The molecular formula is C14H15N3O2. The second kappa shape index (κ2) is 4.76. The summed E-state index contributed by atoms with van der Waals surface area (Å²) in [5.74, 6) is -0.644. The summed E-state index contributed by atoms with van der Waals surface area (Å²) < 4.78 is 0. The Morgan fingerprint density at radius 2 is 2.05 bits per heavy atom. The molecule has 0 fully saturated rings. The summed E-state index contributed by atoms with van der Waals surface area (Å²) in [4.78, 5) is 23.9. The Balaban J connectivity index is 2.56. The minimum Gasteiger partial charge on any atom is -0.481 e. The highest BCUT2D eigenvalue weighted by molar-refractivity contribution is 5.79. The number of carboxylic acids is 1. The van der Waals surface area contributed by atoms with Crippen molar-refractivity contribution in [1.82, 2.24) is 15.0 Å². The molecule has 2 heterocycles. The van der Waals surface area contributed by atoms with Gasteiger partial charge in [-0.1, -0.05) is 0 Å². The van der Waals surface area contributed by atoms with E-state index in [1.807, 2.05) is 25.1 Å². The fourth-order valence-electron chi connectivity index (χ4n) is 1.61. The molecule has 0 spiro atoms. The number of carbonyl (C=O) groups is 1. The lowest BCUT2D eigenvalue weighted by atomic mass is 9.92. The van der Waals surface area contributed by atoms with E-state index >= 15 is 0 Å². The predicted octanol–water partition coefficient (Wildman–Crippen LogP) is 2.21. The number of hydrogen-bond acceptors (Lipinski definition) is 4. The normalized spacial score (nSPS) is 11.3. The lowest BCUT2D eigenvalue weighted by Gasteiger charge is -2.18. The zero-order chi connectivity index (χ0) is 14.0. The first-order chi connectivity index (χ1) is 8.91. The van der Waals surface area contributed by atoms with Gasteiger partial charge >= 0.3 is 5.97 Å². The molecule has 5 heteroatoms. The minimum atomic E-state index is -1.12. The summed E-state index contributed by atoms with van der Waals surface area (Å²) in [7, 11) is 0. The monoisotopic (exact) mass is 257 g/mol. The summed E-state index contributed by atoms with van der Waals surface area (Å²) in [5, 5.41) is 9.25. The van der Waals surface area contributed by atoms with Crippen molar-refractivity contribution in [2.75, 3.05) is 0 Å². The molecule has 98 valence electrons. The Labute approximate surface area is 111 Å². The Bertz CT molecular complexity index is 609. The van der Waals surface area contributed by atoms with Crippen LogP contribution in [0.15, 0.2) is 30.6 Å². The number of carboxylic acid groups (broad SMARTS) is 1. The van der Waals surface area contributed by atoms with E-state index in [0.29, 0.717) is 11.5 Å². The maximum Gasteiger partial charge on any atom is 0.316 e. The second-order valence-electron chi connectivity index (χ2n) is 4.89. The van der Waals surface area contributed by atoms with Crippen LogP contribution in [0.2, 0.25) is 0 Å². The molecule has 0 aliphatic carbocycles. The third kappa shape index (κ3) is 2.59. The Morgan fingerprint density at radius 1 is 1.32 bits per heavy atom. The molecule has 2 aromatic rings. The lowest BCUT2D eigenvalue weighted by Crippen LogP contribution is -2.31. The van der Waals surface area contributed by atoms with Crippen molar-refractivity contribution in [3.63, 3.8) is 0 Å². The van der Waals surface area contributed by atoms with Gasteiger partial charge in [0.2, 0.25) is 0 Å². The maximum absolute atomic E-state index is 11.3. The summed E-state index contributed by atoms with van der Waals surface area (Å²) in [6, 6.07) is 5.51. The van der Waals surface area contributed by atoms with Crippen molar-refractivity contribution in [1.29, 1.82) is 0 Å². The van der Waals surface area contributed by atoms with Crippen LogP contribution in [0.25, 0.3) is 11.3 Å². The highest BCUT2D eigenvalue weighted by atomic mass is 16.4. The van der Waals surface area contributed by atoms with Crippen LogP contribution in [0.4, 0.5) is 0 Å². The number of nitrogens with zero attached hydrogens (tertiary/aromatic N) is 3. The van der Waals surface area contributed by atoms with E-state index in [2.05, 4.69) is 15.0 Å². The van der Waals surface area contributed by atoms with Crippen molar-refractivity contribution in [2.45, 2.75) is 26.2 Å². The molecule has 5 nitrogen and oxygen atoms in total. The summed E-state index contributed by atoms with van der Waals surface area (Å²) in [6.07, 6.45) is 3.37. The largest absolute Gasteiger partial charge is 0.481 e. The molecule has 0 unspecified atom stereocenters. The first-order valence-corrected chi connectivity index (χ1v) is 5.91. The van der Waals surface area contributed by atoms with Crippen LogP contribution in [0, 0.1) is 6.92 Å². The third-order valence-electron chi connectivity index (χ3n) is 2.91. The highest BCUT2D eigenvalue weighted by Crippen LogP contribution is 2.24. The molecule has 0 aliphatic rings. The van der Waals surface area contributed by atoms with E-state index in [0.717, 1.165) is 11.3 Å². The molecule has 19 heavy (non-hydrogen) atoms. The number of rotatable bonds is 3. The van der Waals surface area contributed by atoms with Gasteiger partial charge in [0.25, 0.3) is 0 Å². The number of aromatic nitrogens is 3. The van der Waals surface area contributed by atoms with Gasteiger partial charge in [-0.25, -0.2) is 9.97 Å². The van der Waals surface area contributed by atoms with E-state index in [-0.39, 0.29) is 0 Å². The van der Waals surface area contributed by atoms with Crippen LogP contribution in [-0.2, 0) is 10.2 Å². The van der Waals surface area contributed by atoms with E-state index in [4.69, 9.17) is 0 Å². The van der Waals surface area contributed by atoms with E-state index < -0.39 is 11.4 Å². The van der Waals surface area contributed by atoms with Crippen LogP contribution in [-0.4, -0.2) is 26.0 Å². The van der Waals surface area contributed by atoms with Crippen molar-refractivity contribution >= 4 is 5.97 Å². The van der Waals surface area contributed by atoms with Gasteiger partial charge in [-0.3, -0.25) is 9.78 Å². The summed E-state index contributed by atoms with van der Waals surface area (Å²) >= 11 is 0. The molecule has 0 saturated carbocycles. The standard InChI is InChI=1S/C14H15N3O2/c1-9-7-11(10-5-4-6-15-8-10)17-12(16-9)14(2,3)13(18)19/h4-8H,1-3H3,(H,18,19). The van der Waals surface area contributed by atoms with Crippen molar-refractivity contribution < 1.29 is 9.90 Å². The average molecular weight is 257 g/mol. The smallest absolute Gasteiger partial charge is 0.316 e. The van der Waals surface area contributed by atoms with E-state index in [1.54, 1.807) is 26.2 Å². The Kier molecular flexibility index (Phi) is 3.29. The zero-order valence-corrected chi connectivity index (χ0v) is 11.1. The number of hydrogen-bond donors (Lipinski definition) is 1. The quantitative estimate of drug-likeness (QED) is 0.912. The van der Waals surface area contributed by atoms with Gasteiger partial charge in [0.1, 0.15) is 11.2 Å². The second-order valence-corrected chi connectivity index (χ2v) is 4.89. The highest BCUT2D eigenvalue weighted by Gasteiger charge is 2.33. The fourth-order valence-corrected chi connectivity index (χ4v) is 1.61. The number of aliphatic carboxylic acids is 1. The molecule has 0 aromatic carbocycles. The number of pyridine rings is 1. The molecule has 2 rings (SSSR count). The van der Waals surface area contributed by atoms with Crippen LogP contribution in [0.1, 0.15) is 25.4 Å². The average Bonchev–Trinajstić information content (AvgIpc) is 2.39. The van der Waals surface area contributed by atoms with Gasteiger partial charge in [-0.05, 0) is 39.0 Å². The zero-order valence-electron chi connectivity index (χ0n) is 11.1. The SMILES string of the molecule is Cc1cc(-c2cccnc2)nc(C(C)(C)C(=O)O)n1. The third-order valence-corrected chi connectivity index (χ3v) is 2.91. The number of aryl methyl sites for hydroxylation is 1. The van der Waals surface area contributed by atoms with Crippen molar-refractivity contribution in [3.8, 4) is 11.3 Å². The van der Waals surface area contributed by atoms with Crippen LogP contribution < -0.4 is 0 Å². The van der Waals surface area contributed by atoms with Crippen LogP contribution in [0.3, 0.4) is 0 Å². The molecule has 2 aromatic heterocycles. The topological polar surface area (TPSA) is 76.0 Å². The van der Waals surface area contributed by atoms with E-state index in [1.165, 1.54) is 0 Å². The first-order valence-electron chi connectivity index (χ1n) is 5.91. The lowest BCUT2D eigenvalue weighted by molar-refractivity contribution is -0.142. The van der Waals surface area contributed by atoms with Gasteiger partial charge < -0.3 is 5.11 Å². The molecule has 0 amide bonds. The molecule has 1 N–H and O–H groups in total. The molecule has 0 aliphatic heterocycles. The van der Waals surface area contributed by atoms with Gasteiger partial charge in [-0.15, -0.1) is 0 Å². The summed E-state index contributed by atoms with van der Waals surface area (Å²) in [5.41, 5.74) is 1.14. The molecule has 0 atom stereocenters. The molecular weight excluding hydrogens is 242 g/mol. The Morgan fingerprint density at radius 3 is 2.63 bits per heavy atom. The Hall–Kier alpha value is -2.30. The van der Waals surface area contributed by atoms with Gasteiger partial charge in [0.15, 0.2) is 0 Å². The maximum atomic E-state index is 11.3. The predicted molar refractivity (Wildman–Crippen MR) is 70.7 cm³/mol. The van der Waals surface area contributed by atoms with E-state index in [9.17, 15) is 9.90 Å². The fraction of sp³-hybridized carbons (Fsp3) is 0.286. The first kappa shape index (κ1) is 13.1.